The molecule has 0 aliphatic carbocycles. The normalized spacial score (nSPS) is 41.7. The first-order chi connectivity index (χ1) is 3.30. The first-order valence-electron chi connectivity index (χ1n) is 1.41. The van der Waals surface area contributed by atoms with E-state index in [-0.39, 0.29) is 0 Å². The largest absolute Gasteiger partial charge is 0.233 e. The maximum atomic E-state index is 10.3. The van der Waals surface area contributed by atoms with Crippen LogP contribution in [0.2, 0.25) is 0 Å². The molecule has 0 amide bonds. The Balaban J connectivity index is 2.65. The summed E-state index contributed by atoms with van der Waals surface area (Å²) < 4.78 is 20.7. The molecule has 0 aromatic carbocycles. The third-order valence-corrected chi connectivity index (χ3v) is 10.1. The van der Waals surface area contributed by atoms with E-state index in [1.54, 1.807) is 0 Å². The van der Waals surface area contributed by atoms with Gasteiger partial charge in [0.2, 0.25) is 0 Å². The Labute approximate surface area is 52.9 Å². The van der Waals surface area contributed by atoms with Crippen molar-refractivity contribution in [3.05, 3.63) is 0 Å². The van der Waals surface area contributed by atoms with Gasteiger partial charge in [-0.05, 0) is 21.6 Å². The summed E-state index contributed by atoms with van der Waals surface area (Å²) in [7, 11) is 0.249. The molecule has 0 spiro atoms. The lowest BCUT2D eigenvalue weighted by Crippen LogP contribution is -1.76. The summed E-state index contributed by atoms with van der Waals surface area (Å²) in [6, 6.07) is 0. The van der Waals surface area contributed by atoms with Crippen molar-refractivity contribution >= 4 is 39.3 Å². The number of rotatable bonds is 0. The van der Waals surface area contributed by atoms with Gasteiger partial charge in [0.15, 0.2) is 17.7 Å². The third-order valence-electron chi connectivity index (χ3n) is 0.400. The fourth-order valence-corrected chi connectivity index (χ4v) is 10.1. The Morgan fingerprint density at radius 2 is 1.57 bits per heavy atom. The number of hydrogen-bond acceptors (Lipinski definition) is 4. The lowest BCUT2D eigenvalue weighted by Gasteiger charge is -1.74. The Morgan fingerprint density at radius 1 is 1.14 bits per heavy atom. The second-order valence-electron chi connectivity index (χ2n) is 0.762. The molecule has 1 aliphatic heterocycles. The molecule has 2 atom stereocenters. The standard InChI is InChI=1S/CH2O2S4/c2-6-4-1-5-7(6)3/h1H2. The average molecular weight is 174 g/mol. The van der Waals surface area contributed by atoms with E-state index in [4.69, 9.17) is 0 Å². The molecule has 0 aromatic rings. The van der Waals surface area contributed by atoms with Crippen LogP contribution in [0, 0.1) is 0 Å². The third kappa shape index (κ3) is 1.45. The molecule has 42 valence electrons. The van der Waals surface area contributed by atoms with Crippen molar-refractivity contribution in [1.29, 1.82) is 0 Å². The van der Waals surface area contributed by atoms with Gasteiger partial charge in [-0.15, -0.1) is 0 Å². The van der Waals surface area contributed by atoms with Gasteiger partial charge in [-0.2, -0.15) is 0 Å². The summed E-state index contributed by atoms with van der Waals surface area (Å²) in [5.41, 5.74) is 0. The summed E-state index contributed by atoms with van der Waals surface area (Å²) >= 11 is 0. The second-order valence-corrected chi connectivity index (χ2v) is 9.31. The minimum atomic E-state index is -1.12. The summed E-state index contributed by atoms with van der Waals surface area (Å²) in [6.45, 7) is 0. The molecule has 0 bridgehead atoms. The molecule has 1 aliphatic rings. The molecule has 2 nitrogen and oxygen atoms in total. The fraction of sp³-hybridized carbons (Fsp3) is 1.00. The van der Waals surface area contributed by atoms with Gasteiger partial charge in [0.1, 0.15) is 0 Å². The molecule has 0 aromatic heterocycles. The fourth-order valence-electron chi connectivity index (χ4n) is 0.177. The Kier molecular flexibility index (Phi) is 2.21. The highest BCUT2D eigenvalue weighted by molar-refractivity contribution is 9.20. The zero-order valence-electron chi connectivity index (χ0n) is 3.16. The zero-order valence-corrected chi connectivity index (χ0v) is 6.42. The van der Waals surface area contributed by atoms with Crippen LogP contribution in [-0.2, 0) is 17.7 Å². The minimum absolute atomic E-state index is 0.708. The highest BCUT2D eigenvalue weighted by atomic mass is 33.7. The second kappa shape index (κ2) is 2.52. The zero-order chi connectivity index (χ0) is 5.28. The van der Waals surface area contributed by atoms with Crippen LogP contribution in [0.4, 0.5) is 0 Å². The Morgan fingerprint density at radius 3 is 1.71 bits per heavy atom. The molecule has 1 fully saturated rings. The van der Waals surface area contributed by atoms with E-state index in [1.807, 2.05) is 0 Å². The van der Waals surface area contributed by atoms with Gasteiger partial charge in [0.25, 0.3) is 0 Å². The van der Waals surface area contributed by atoms with E-state index >= 15 is 0 Å². The Bertz CT molecular complexity index is 105. The van der Waals surface area contributed by atoms with Gasteiger partial charge >= 0.3 is 0 Å². The van der Waals surface area contributed by atoms with Gasteiger partial charge in [-0.1, -0.05) is 0 Å². The SMILES string of the molecule is O=S1SCSS1=O. The molecule has 6 heteroatoms. The lowest BCUT2D eigenvalue weighted by atomic mass is 11.9. The molecule has 7 heavy (non-hydrogen) atoms. The summed E-state index contributed by atoms with van der Waals surface area (Å²) in [6.07, 6.45) is 0. The lowest BCUT2D eigenvalue weighted by molar-refractivity contribution is 0.686. The predicted octanol–water partition coefficient (Wildman–Crippen LogP) is 0.666. The van der Waals surface area contributed by atoms with Gasteiger partial charge in [0, 0.05) is 0 Å². The van der Waals surface area contributed by atoms with Gasteiger partial charge in [-0.25, -0.2) is 8.42 Å². The van der Waals surface area contributed by atoms with Crippen molar-refractivity contribution in [1.82, 2.24) is 0 Å². The van der Waals surface area contributed by atoms with Gasteiger partial charge < -0.3 is 0 Å². The summed E-state index contributed by atoms with van der Waals surface area (Å²) in [5.74, 6) is 0. The van der Waals surface area contributed by atoms with Crippen LogP contribution in [0.5, 0.6) is 0 Å². The first kappa shape index (κ1) is 6.12. The van der Waals surface area contributed by atoms with Crippen molar-refractivity contribution < 1.29 is 8.42 Å². The van der Waals surface area contributed by atoms with Crippen molar-refractivity contribution in [2.45, 2.75) is 0 Å². The average Bonchev–Trinajstić information content (AvgIpc) is 1.91. The van der Waals surface area contributed by atoms with E-state index in [9.17, 15) is 8.42 Å². The molecule has 1 saturated heterocycles. The first-order valence-corrected chi connectivity index (χ1v) is 7.23. The highest BCUT2D eigenvalue weighted by Crippen LogP contribution is 2.32. The Hall–Kier alpha value is 1.000. The molecule has 0 saturated carbocycles. The molecular weight excluding hydrogens is 172 g/mol. The summed E-state index contributed by atoms with van der Waals surface area (Å²) in [4.78, 5) is 0. The van der Waals surface area contributed by atoms with Crippen LogP contribution in [0.1, 0.15) is 0 Å². The van der Waals surface area contributed by atoms with Crippen LogP contribution in [0.3, 0.4) is 0 Å². The maximum Gasteiger partial charge on any atom is 0.182 e. The van der Waals surface area contributed by atoms with Crippen LogP contribution in [0.25, 0.3) is 0 Å². The van der Waals surface area contributed by atoms with E-state index in [0.29, 0.717) is 5.08 Å². The van der Waals surface area contributed by atoms with Crippen LogP contribution < -0.4 is 0 Å². The van der Waals surface area contributed by atoms with Gasteiger partial charge in [-0.3, -0.25) is 0 Å². The minimum Gasteiger partial charge on any atom is -0.233 e. The topological polar surface area (TPSA) is 34.1 Å². The smallest absolute Gasteiger partial charge is 0.182 e. The maximum absolute atomic E-state index is 10.3. The molecular formula is CH2O2S4. The number of hydrogen-bond donors (Lipinski definition) is 0. The van der Waals surface area contributed by atoms with E-state index < -0.39 is 17.7 Å². The quantitative estimate of drug-likeness (QED) is 0.505. The van der Waals surface area contributed by atoms with Crippen molar-refractivity contribution in [3.8, 4) is 0 Å². The van der Waals surface area contributed by atoms with Gasteiger partial charge in [0.05, 0.1) is 5.08 Å². The molecule has 0 N–H and O–H groups in total. The predicted molar refractivity (Wildman–Crippen MR) is 36.3 cm³/mol. The molecule has 0 radical (unpaired) electrons. The van der Waals surface area contributed by atoms with Crippen LogP contribution in [-0.4, -0.2) is 13.5 Å². The van der Waals surface area contributed by atoms with E-state index in [2.05, 4.69) is 0 Å². The molecule has 2 unspecified atom stereocenters. The highest BCUT2D eigenvalue weighted by Gasteiger charge is 2.18. The van der Waals surface area contributed by atoms with E-state index in [1.165, 1.54) is 21.6 Å². The van der Waals surface area contributed by atoms with Crippen molar-refractivity contribution in [3.63, 3.8) is 0 Å². The van der Waals surface area contributed by atoms with E-state index in [0.717, 1.165) is 0 Å². The molecule has 1 heterocycles. The summed E-state index contributed by atoms with van der Waals surface area (Å²) in [5, 5.41) is 0.708. The monoisotopic (exact) mass is 174 g/mol. The van der Waals surface area contributed by atoms with Crippen LogP contribution in [0.15, 0.2) is 0 Å². The van der Waals surface area contributed by atoms with Crippen LogP contribution >= 0.6 is 21.6 Å². The van der Waals surface area contributed by atoms with Crippen molar-refractivity contribution in [2.24, 2.45) is 0 Å². The van der Waals surface area contributed by atoms with Crippen molar-refractivity contribution in [2.75, 3.05) is 5.08 Å². The molecule has 1 rings (SSSR count).